The van der Waals surface area contributed by atoms with E-state index in [-0.39, 0.29) is 0 Å². The van der Waals surface area contributed by atoms with Crippen molar-refractivity contribution in [1.82, 2.24) is 0 Å². The second-order valence-electron chi connectivity index (χ2n) is 4.64. The van der Waals surface area contributed by atoms with E-state index >= 15 is 0 Å². The molecule has 68 valence electrons. The number of benzene rings is 1. The Labute approximate surface area is 80.3 Å². The molecule has 0 spiro atoms. The summed E-state index contributed by atoms with van der Waals surface area (Å²) in [4.78, 5) is 0. The summed E-state index contributed by atoms with van der Waals surface area (Å²) in [5, 5.41) is 0. The van der Waals surface area contributed by atoms with Crippen molar-refractivity contribution in [2.45, 2.75) is 32.6 Å². The topological polar surface area (TPSA) is 0 Å². The summed E-state index contributed by atoms with van der Waals surface area (Å²) in [5.41, 5.74) is 4.69. The predicted molar refractivity (Wildman–Crippen MR) is 57.7 cm³/mol. The van der Waals surface area contributed by atoms with Gasteiger partial charge in [0, 0.05) is 0 Å². The van der Waals surface area contributed by atoms with Crippen LogP contribution in [0.1, 0.15) is 38.3 Å². The van der Waals surface area contributed by atoms with Gasteiger partial charge in [-0.15, -0.1) is 0 Å². The molecule has 1 aromatic carbocycles. The van der Waals surface area contributed by atoms with E-state index in [1.807, 2.05) is 0 Å². The van der Waals surface area contributed by atoms with Gasteiger partial charge < -0.3 is 0 Å². The Morgan fingerprint density at radius 1 is 1.15 bits per heavy atom. The lowest BCUT2D eigenvalue weighted by Gasteiger charge is -2.31. The molecule has 1 aliphatic rings. The van der Waals surface area contributed by atoms with Crippen molar-refractivity contribution in [2.75, 3.05) is 0 Å². The van der Waals surface area contributed by atoms with Crippen LogP contribution in [0.2, 0.25) is 0 Å². The lowest BCUT2D eigenvalue weighted by atomic mass is 9.73. The van der Waals surface area contributed by atoms with E-state index in [0.717, 1.165) is 0 Å². The minimum absolute atomic E-state index is 0.315. The van der Waals surface area contributed by atoms with Gasteiger partial charge in [-0.25, -0.2) is 0 Å². The Balaban J connectivity index is 2.62. The Kier molecular flexibility index (Phi) is 1.80. The maximum Gasteiger partial charge on any atom is -0.00605 e. The molecule has 1 aliphatic carbocycles. The number of hydrogen-bond donors (Lipinski definition) is 0. The van der Waals surface area contributed by atoms with Crippen LogP contribution in [0, 0.1) is 0 Å². The van der Waals surface area contributed by atoms with E-state index < -0.39 is 0 Å². The molecule has 0 nitrogen and oxygen atoms in total. The minimum atomic E-state index is 0.315. The first-order valence-electron chi connectivity index (χ1n) is 4.86. The van der Waals surface area contributed by atoms with Crippen LogP contribution in [0.5, 0.6) is 0 Å². The summed E-state index contributed by atoms with van der Waals surface area (Å²) < 4.78 is 0. The highest BCUT2D eigenvalue weighted by Gasteiger charge is 2.26. The van der Waals surface area contributed by atoms with E-state index in [9.17, 15) is 0 Å². The number of rotatable bonds is 0. The van der Waals surface area contributed by atoms with Gasteiger partial charge in [0.1, 0.15) is 0 Å². The number of allylic oxidation sites excluding steroid dienone is 1. The van der Waals surface area contributed by atoms with E-state index in [0.29, 0.717) is 5.41 Å². The summed E-state index contributed by atoms with van der Waals surface area (Å²) in [6.07, 6.45) is 3.49. The van der Waals surface area contributed by atoms with Crippen molar-refractivity contribution in [3.05, 3.63) is 41.0 Å². The lowest BCUT2D eigenvalue weighted by Crippen LogP contribution is -2.21. The molecule has 1 aromatic rings. The maximum absolute atomic E-state index is 2.32. The molecule has 0 atom stereocenters. The molecule has 0 fully saturated rings. The van der Waals surface area contributed by atoms with Gasteiger partial charge in [-0.1, -0.05) is 49.8 Å². The van der Waals surface area contributed by atoms with Crippen LogP contribution < -0.4 is 0 Å². The van der Waals surface area contributed by atoms with Gasteiger partial charge >= 0.3 is 0 Å². The van der Waals surface area contributed by atoms with Crippen LogP contribution in [-0.4, -0.2) is 0 Å². The van der Waals surface area contributed by atoms with Gasteiger partial charge in [0.2, 0.25) is 0 Å². The zero-order valence-corrected chi connectivity index (χ0v) is 8.59. The molecule has 0 aromatic heterocycles. The monoisotopic (exact) mass is 172 g/mol. The molecule has 0 heterocycles. The largest absolute Gasteiger partial charge is 0.0719 e. The molecule has 2 rings (SSSR count). The number of fused-ring (bicyclic) bond motifs is 1. The van der Waals surface area contributed by atoms with Gasteiger partial charge in [-0.05, 0) is 29.9 Å². The quantitative estimate of drug-likeness (QED) is 0.558. The fraction of sp³-hybridized carbons (Fsp3) is 0.385. The molecule has 13 heavy (non-hydrogen) atoms. The summed E-state index contributed by atoms with van der Waals surface area (Å²) in [6.45, 7) is 6.86. The minimum Gasteiger partial charge on any atom is -0.0719 e. The summed E-state index contributed by atoms with van der Waals surface area (Å²) in [7, 11) is 0. The summed E-state index contributed by atoms with van der Waals surface area (Å²) in [6, 6.07) is 8.71. The lowest BCUT2D eigenvalue weighted by molar-refractivity contribution is 0.514. The average Bonchev–Trinajstić information content (AvgIpc) is 2.02. The molecular weight excluding hydrogens is 156 g/mol. The van der Waals surface area contributed by atoms with Crippen molar-refractivity contribution in [2.24, 2.45) is 0 Å². The smallest absolute Gasteiger partial charge is 0.00605 e. The third kappa shape index (κ3) is 1.41. The molecule has 0 aliphatic heterocycles. The third-order valence-electron chi connectivity index (χ3n) is 2.81. The Morgan fingerprint density at radius 2 is 1.85 bits per heavy atom. The second-order valence-corrected chi connectivity index (χ2v) is 4.64. The van der Waals surface area contributed by atoms with Crippen molar-refractivity contribution in [3.63, 3.8) is 0 Å². The van der Waals surface area contributed by atoms with Crippen LogP contribution in [0.15, 0.2) is 29.8 Å². The van der Waals surface area contributed by atoms with Crippen LogP contribution in [0.25, 0.3) is 6.08 Å². The Hall–Kier alpha value is -1.04. The van der Waals surface area contributed by atoms with Crippen molar-refractivity contribution >= 4 is 6.08 Å². The van der Waals surface area contributed by atoms with Gasteiger partial charge in [0.15, 0.2) is 0 Å². The molecule has 0 amide bonds. The standard InChI is InChI=1S/C13H16/c1-10-8-11-6-4-5-7-12(11)13(2,3)9-10/h4-8H,9H2,1-3H3. The average molecular weight is 172 g/mol. The fourth-order valence-corrected chi connectivity index (χ4v) is 2.35. The van der Waals surface area contributed by atoms with Crippen LogP contribution in [0.4, 0.5) is 0 Å². The molecule has 0 bridgehead atoms. The molecular formula is C13H16. The van der Waals surface area contributed by atoms with Crippen LogP contribution >= 0.6 is 0 Å². The van der Waals surface area contributed by atoms with E-state index in [4.69, 9.17) is 0 Å². The normalized spacial score (nSPS) is 19.2. The van der Waals surface area contributed by atoms with Gasteiger partial charge in [0.05, 0.1) is 0 Å². The van der Waals surface area contributed by atoms with Crippen molar-refractivity contribution in [3.8, 4) is 0 Å². The van der Waals surface area contributed by atoms with Gasteiger partial charge in [0.25, 0.3) is 0 Å². The van der Waals surface area contributed by atoms with Gasteiger partial charge in [-0.2, -0.15) is 0 Å². The maximum atomic E-state index is 2.32. The molecule has 0 saturated heterocycles. The van der Waals surface area contributed by atoms with Crippen molar-refractivity contribution in [1.29, 1.82) is 0 Å². The molecule has 0 saturated carbocycles. The summed E-state index contributed by atoms with van der Waals surface area (Å²) in [5.74, 6) is 0. The fourth-order valence-electron chi connectivity index (χ4n) is 2.35. The third-order valence-corrected chi connectivity index (χ3v) is 2.81. The molecule has 0 radical (unpaired) electrons. The predicted octanol–water partition coefficient (Wildman–Crippen LogP) is 3.77. The molecule has 0 unspecified atom stereocenters. The van der Waals surface area contributed by atoms with E-state index in [1.165, 1.54) is 23.1 Å². The Bertz CT molecular complexity index is 356. The van der Waals surface area contributed by atoms with Crippen molar-refractivity contribution < 1.29 is 0 Å². The van der Waals surface area contributed by atoms with Gasteiger partial charge in [-0.3, -0.25) is 0 Å². The highest BCUT2D eigenvalue weighted by Crippen LogP contribution is 2.37. The first-order valence-corrected chi connectivity index (χ1v) is 4.86. The molecule has 0 N–H and O–H groups in total. The van der Waals surface area contributed by atoms with Crippen LogP contribution in [-0.2, 0) is 5.41 Å². The zero-order chi connectivity index (χ0) is 9.47. The molecule has 0 heteroatoms. The van der Waals surface area contributed by atoms with Crippen LogP contribution in [0.3, 0.4) is 0 Å². The van der Waals surface area contributed by atoms with E-state index in [2.05, 4.69) is 51.1 Å². The first kappa shape index (κ1) is 8.55. The number of hydrogen-bond acceptors (Lipinski definition) is 0. The first-order chi connectivity index (χ1) is 6.09. The zero-order valence-electron chi connectivity index (χ0n) is 8.59. The SMILES string of the molecule is CC1=Cc2ccccc2C(C)(C)C1. The summed E-state index contributed by atoms with van der Waals surface area (Å²) >= 11 is 0. The highest BCUT2D eigenvalue weighted by atomic mass is 14.3. The van der Waals surface area contributed by atoms with E-state index in [1.54, 1.807) is 0 Å². The highest BCUT2D eigenvalue weighted by molar-refractivity contribution is 5.61. The Morgan fingerprint density at radius 3 is 2.62 bits per heavy atom. The second kappa shape index (κ2) is 2.73.